The van der Waals surface area contributed by atoms with Crippen LogP contribution < -0.4 is 16.0 Å². The highest BCUT2D eigenvalue weighted by atomic mass is 16.2. The highest BCUT2D eigenvalue weighted by Crippen LogP contribution is 2.28. The standard InChI is InChI=1S/C15H19N3O2/c16-12-7-10-3-1-2-4-13(10)18(9-12)15(20)11-5-6-14(19)17-8-11/h1-4,11-12H,5-9,16H2,(H,17,19). The fourth-order valence-electron chi connectivity index (χ4n) is 3.00. The van der Waals surface area contributed by atoms with E-state index in [9.17, 15) is 9.59 Å². The Morgan fingerprint density at radius 2 is 2.15 bits per heavy atom. The molecule has 0 aliphatic carbocycles. The minimum Gasteiger partial charge on any atom is -0.355 e. The summed E-state index contributed by atoms with van der Waals surface area (Å²) >= 11 is 0. The van der Waals surface area contributed by atoms with Crippen LogP contribution in [0.4, 0.5) is 5.69 Å². The number of hydrogen-bond donors (Lipinski definition) is 2. The second kappa shape index (κ2) is 5.25. The van der Waals surface area contributed by atoms with E-state index in [0.29, 0.717) is 25.9 Å². The molecule has 3 N–H and O–H groups in total. The van der Waals surface area contributed by atoms with E-state index in [1.165, 1.54) is 0 Å². The van der Waals surface area contributed by atoms with Gasteiger partial charge in [0.15, 0.2) is 0 Å². The Balaban J connectivity index is 1.83. The minimum absolute atomic E-state index is 0.0213. The first-order valence-corrected chi connectivity index (χ1v) is 7.06. The number of nitrogens with zero attached hydrogens (tertiary/aromatic N) is 1. The summed E-state index contributed by atoms with van der Waals surface area (Å²) in [5, 5.41) is 2.77. The van der Waals surface area contributed by atoms with Crippen molar-refractivity contribution in [2.75, 3.05) is 18.0 Å². The molecule has 1 fully saturated rings. The second-order valence-corrected chi connectivity index (χ2v) is 5.58. The SMILES string of the molecule is NC1Cc2ccccc2N(C(=O)C2CCC(=O)NC2)C1. The maximum Gasteiger partial charge on any atom is 0.231 e. The third-order valence-electron chi connectivity index (χ3n) is 4.06. The Kier molecular flexibility index (Phi) is 3.44. The summed E-state index contributed by atoms with van der Waals surface area (Å²) < 4.78 is 0. The molecular formula is C15H19N3O2. The molecule has 0 radical (unpaired) electrons. The molecule has 0 bridgehead atoms. The molecule has 1 aromatic carbocycles. The number of fused-ring (bicyclic) bond motifs is 1. The monoisotopic (exact) mass is 273 g/mol. The van der Waals surface area contributed by atoms with Gasteiger partial charge in [-0.1, -0.05) is 18.2 Å². The molecule has 20 heavy (non-hydrogen) atoms. The topological polar surface area (TPSA) is 75.4 Å². The third-order valence-corrected chi connectivity index (χ3v) is 4.06. The minimum atomic E-state index is -0.133. The Hall–Kier alpha value is -1.88. The van der Waals surface area contributed by atoms with Gasteiger partial charge < -0.3 is 16.0 Å². The first kappa shape index (κ1) is 13.1. The number of carbonyl (C=O) groups is 2. The lowest BCUT2D eigenvalue weighted by Crippen LogP contribution is -2.51. The average Bonchev–Trinajstić information content (AvgIpc) is 2.46. The maximum absolute atomic E-state index is 12.7. The van der Waals surface area contributed by atoms with Crippen LogP contribution in [-0.4, -0.2) is 30.9 Å². The highest BCUT2D eigenvalue weighted by molar-refractivity contribution is 5.97. The van der Waals surface area contributed by atoms with Gasteiger partial charge in [-0.2, -0.15) is 0 Å². The molecule has 2 aliphatic rings. The number of hydrogen-bond acceptors (Lipinski definition) is 3. The fourth-order valence-corrected chi connectivity index (χ4v) is 3.00. The number of benzene rings is 1. The fraction of sp³-hybridized carbons (Fsp3) is 0.467. The molecule has 106 valence electrons. The van der Waals surface area contributed by atoms with Crippen molar-refractivity contribution < 1.29 is 9.59 Å². The molecule has 2 aliphatic heterocycles. The zero-order chi connectivity index (χ0) is 14.1. The van der Waals surface area contributed by atoms with Crippen molar-refractivity contribution in [3.8, 4) is 0 Å². The maximum atomic E-state index is 12.7. The van der Waals surface area contributed by atoms with Gasteiger partial charge in [-0.05, 0) is 24.5 Å². The Morgan fingerprint density at radius 1 is 1.35 bits per heavy atom. The van der Waals surface area contributed by atoms with Crippen molar-refractivity contribution >= 4 is 17.5 Å². The normalized spacial score (nSPS) is 25.9. The molecule has 3 rings (SSSR count). The molecule has 0 saturated carbocycles. The first-order valence-electron chi connectivity index (χ1n) is 7.06. The van der Waals surface area contributed by atoms with Gasteiger partial charge in [0.25, 0.3) is 0 Å². The van der Waals surface area contributed by atoms with Crippen molar-refractivity contribution in [2.45, 2.75) is 25.3 Å². The highest BCUT2D eigenvalue weighted by Gasteiger charge is 2.32. The van der Waals surface area contributed by atoms with Crippen molar-refractivity contribution in [2.24, 2.45) is 11.7 Å². The van der Waals surface area contributed by atoms with Gasteiger partial charge in [-0.15, -0.1) is 0 Å². The van der Waals surface area contributed by atoms with Crippen LogP contribution in [0.3, 0.4) is 0 Å². The number of carbonyl (C=O) groups excluding carboxylic acids is 2. The van der Waals surface area contributed by atoms with Crippen LogP contribution in [0, 0.1) is 5.92 Å². The summed E-state index contributed by atoms with van der Waals surface area (Å²) in [5.74, 6) is -0.0246. The number of nitrogens with two attached hydrogens (primary N) is 1. The zero-order valence-electron chi connectivity index (χ0n) is 11.3. The van der Waals surface area contributed by atoms with E-state index in [-0.39, 0.29) is 23.8 Å². The quantitative estimate of drug-likeness (QED) is 0.779. The second-order valence-electron chi connectivity index (χ2n) is 5.58. The summed E-state index contributed by atoms with van der Waals surface area (Å²) in [6.07, 6.45) is 1.86. The molecule has 2 amide bonds. The molecule has 5 heteroatoms. The van der Waals surface area contributed by atoms with Crippen molar-refractivity contribution in [1.82, 2.24) is 5.32 Å². The van der Waals surface area contributed by atoms with Crippen LogP contribution in [0.25, 0.3) is 0 Å². The number of piperidine rings is 1. The van der Waals surface area contributed by atoms with E-state index in [1.54, 1.807) is 4.90 Å². The summed E-state index contributed by atoms with van der Waals surface area (Å²) in [6, 6.07) is 7.89. The molecule has 2 atom stereocenters. The van der Waals surface area contributed by atoms with Crippen LogP contribution >= 0.6 is 0 Å². The van der Waals surface area contributed by atoms with Crippen LogP contribution in [0.15, 0.2) is 24.3 Å². The predicted octanol–water partition coefficient (Wildman–Crippen LogP) is 0.429. The molecule has 1 aromatic rings. The number of nitrogens with one attached hydrogen (secondary N) is 1. The lowest BCUT2D eigenvalue weighted by molar-refractivity contribution is -0.127. The lowest BCUT2D eigenvalue weighted by atomic mass is 9.93. The Morgan fingerprint density at radius 3 is 2.90 bits per heavy atom. The van der Waals surface area contributed by atoms with E-state index in [0.717, 1.165) is 17.7 Å². The van der Waals surface area contributed by atoms with E-state index in [4.69, 9.17) is 5.73 Å². The molecule has 0 spiro atoms. The van der Waals surface area contributed by atoms with Gasteiger partial charge in [0.05, 0.1) is 5.92 Å². The molecule has 1 saturated heterocycles. The summed E-state index contributed by atoms with van der Waals surface area (Å²) in [6.45, 7) is 0.992. The van der Waals surface area contributed by atoms with Gasteiger partial charge in [-0.25, -0.2) is 0 Å². The van der Waals surface area contributed by atoms with Gasteiger partial charge in [-0.3, -0.25) is 9.59 Å². The molecule has 5 nitrogen and oxygen atoms in total. The number of para-hydroxylation sites is 1. The van der Waals surface area contributed by atoms with E-state index >= 15 is 0 Å². The predicted molar refractivity (Wildman–Crippen MR) is 76.2 cm³/mol. The van der Waals surface area contributed by atoms with Gasteiger partial charge in [0.1, 0.15) is 0 Å². The van der Waals surface area contributed by atoms with Crippen LogP contribution in [0.1, 0.15) is 18.4 Å². The summed E-state index contributed by atoms with van der Waals surface area (Å²) in [4.78, 5) is 25.7. The summed E-state index contributed by atoms with van der Waals surface area (Å²) in [5.41, 5.74) is 8.16. The van der Waals surface area contributed by atoms with E-state index < -0.39 is 0 Å². The van der Waals surface area contributed by atoms with Crippen LogP contribution in [0.2, 0.25) is 0 Å². The van der Waals surface area contributed by atoms with E-state index in [1.807, 2.05) is 24.3 Å². The Bertz CT molecular complexity index is 534. The molecular weight excluding hydrogens is 254 g/mol. The first-order chi connectivity index (χ1) is 9.65. The van der Waals surface area contributed by atoms with Crippen molar-refractivity contribution in [3.05, 3.63) is 29.8 Å². The lowest BCUT2D eigenvalue weighted by Gasteiger charge is -2.36. The zero-order valence-corrected chi connectivity index (χ0v) is 11.3. The largest absolute Gasteiger partial charge is 0.355 e. The average molecular weight is 273 g/mol. The number of rotatable bonds is 1. The molecule has 2 unspecified atom stereocenters. The van der Waals surface area contributed by atoms with Gasteiger partial charge >= 0.3 is 0 Å². The Labute approximate surface area is 118 Å². The number of amides is 2. The van der Waals surface area contributed by atoms with Gasteiger partial charge in [0.2, 0.25) is 11.8 Å². The smallest absolute Gasteiger partial charge is 0.231 e. The van der Waals surface area contributed by atoms with E-state index in [2.05, 4.69) is 5.32 Å². The van der Waals surface area contributed by atoms with Crippen LogP contribution in [-0.2, 0) is 16.0 Å². The van der Waals surface area contributed by atoms with Crippen molar-refractivity contribution in [1.29, 1.82) is 0 Å². The van der Waals surface area contributed by atoms with Crippen LogP contribution in [0.5, 0.6) is 0 Å². The van der Waals surface area contributed by atoms with Crippen molar-refractivity contribution in [3.63, 3.8) is 0 Å². The molecule has 0 aromatic heterocycles. The third kappa shape index (κ3) is 2.41. The summed E-state index contributed by atoms with van der Waals surface area (Å²) in [7, 11) is 0. The number of anilines is 1. The van der Waals surface area contributed by atoms with Gasteiger partial charge in [0, 0.05) is 31.2 Å². The molecule has 2 heterocycles.